The molecule has 0 atom stereocenters. The highest BCUT2D eigenvalue weighted by Gasteiger charge is 2.18. The number of aromatic carboxylic acids is 1. The minimum Gasteiger partial charge on any atom is -0.478 e. The summed E-state index contributed by atoms with van der Waals surface area (Å²) in [5, 5.41) is 9.09. The zero-order valence-electron chi connectivity index (χ0n) is 13.9. The predicted octanol–water partition coefficient (Wildman–Crippen LogP) is 2.20. The molecule has 1 aliphatic rings. The van der Waals surface area contributed by atoms with Crippen molar-refractivity contribution in [3.05, 3.63) is 53.3 Å². The van der Waals surface area contributed by atoms with Crippen molar-refractivity contribution >= 4 is 11.9 Å². The van der Waals surface area contributed by atoms with E-state index in [-0.39, 0.29) is 5.56 Å². The standard InChI is InChI=1S/C18H22N4O2/c1-14-16(17(23)24)12-19-18(20-14)22-9-5-8-21(10-11-22)13-15-6-3-2-4-7-15/h2-4,6-7,12H,5,8-11,13H2,1H3,(H,23,24). The largest absolute Gasteiger partial charge is 0.478 e. The average molecular weight is 326 g/mol. The molecule has 2 aromatic rings. The Hall–Kier alpha value is -2.47. The lowest BCUT2D eigenvalue weighted by atomic mass is 10.2. The highest BCUT2D eigenvalue weighted by molar-refractivity contribution is 5.88. The molecule has 6 heteroatoms. The fourth-order valence-corrected chi connectivity index (χ4v) is 2.99. The van der Waals surface area contributed by atoms with Crippen LogP contribution in [0.4, 0.5) is 5.95 Å². The molecule has 0 radical (unpaired) electrons. The van der Waals surface area contributed by atoms with E-state index in [9.17, 15) is 4.79 Å². The molecule has 1 aromatic heterocycles. The predicted molar refractivity (Wildman–Crippen MR) is 92.3 cm³/mol. The lowest BCUT2D eigenvalue weighted by molar-refractivity contribution is 0.0695. The summed E-state index contributed by atoms with van der Waals surface area (Å²) >= 11 is 0. The summed E-state index contributed by atoms with van der Waals surface area (Å²) < 4.78 is 0. The molecule has 0 spiro atoms. The topological polar surface area (TPSA) is 69.6 Å². The molecule has 1 aliphatic heterocycles. The number of carboxylic acid groups (broad SMARTS) is 1. The van der Waals surface area contributed by atoms with Gasteiger partial charge in [-0.3, -0.25) is 4.90 Å². The molecule has 1 saturated heterocycles. The van der Waals surface area contributed by atoms with E-state index in [1.807, 2.05) is 6.07 Å². The van der Waals surface area contributed by atoms with Crippen molar-refractivity contribution in [2.24, 2.45) is 0 Å². The quantitative estimate of drug-likeness (QED) is 0.929. The maximum atomic E-state index is 11.1. The molecule has 0 unspecified atom stereocenters. The van der Waals surface area contributed by atoms with Crippen LogP contribution in [-0.2, 0) is 6.54 Å². The number of benzene rings is 1. The summed E-state index contributed by atoms with van der Waals surface area (Å²) in [6, 6.07) is 10.5. The molecule has 2 heterocycles. The van der Waals surface area contributed by atoms with Gasteiger partial charge in [0.15, 0.2) is 0 Å². The third-order valence-corrected chi connectivity index (χ3v) is 4.32. The number of carbonyl (C=O) groups is 1. The number of anilines is 1. The number of nitrogens with zero attached hydrogens (tertiary/aromatic N) is 4. The van der Waals surface area contributed by atoms with Crippen LogP contribution in [-0.4, -0.2) is 52.1 Å². The van der Waals surface area contributed by atoms with Crippen LogP contribution in [0.25, 0.3) is 0 Å². The summed E-state index contributed by atoms with van der Waals surface area (Å²) in [6.07, 6.45) is 2.45. The molecule has 0 aliphatic carbocycles. The Morgan fingerprint density at radius 2 is 1.96 bits per heavy atom. The zero-order valence-corrected chi connectivity index (χ0v) is 13.9. The molecule has 1 aromatic carbocycles. The van der Waals surface area contributed by atoms with Crippen LogP contribution in [0.1, 0.15) is 28.0 Å². The second-order valence-electron chi connectivity index (χ2n) is 6.08. The van der Waals surface area contributed by atoms with E-state index in [0.717, 1.165) is 39.1 Å². The number of hydrogen-bond donors (Lipinski definition) is 1. The van der Waals surface area contributed by atoms with Crippen molar-refractivity contribution in [2.45, 2.75) is 19.9 Å². The minimum absolute atomic E-state index is 0.166. The smallest absolute Gasteiger partial charge is 0.339 e. The van der Waals surface area contributed by atoms with E-state index < -0.39 is 5.97 Å². The first kappa shape index (κ1) is 16.4. The van der Waals surface area contributed by atoms with Crippen LogP contribution >= 0.6 is 0 Å². The number of carboxylic acids is 1. The van der Waals surface area contributed by atoms with Gasteiger partial charge >= 0.3 is 5.97 Å². The van der Waals surface area contributed by atoms with Gasteiger partial charge in [0.1, 0.15) is 0 Å². The van der Waals surface area contributed by atoms with Gasteiger partial charge < -0.3 is 10.0 Å². The highest BCUT2D eigenvalue weighted by atomic mass is 16.4. The first-order valence-corrected chi connectivity index (χ1v) is 8.21. The van der Waals surface area contributed by atoms with Crippen molar-refractivity contribution in [1.82, 2.24) is 14.9 Å². The zero-order chi connectivity index (χ0) is 16.9. The molecule has 24 heavy (non-hydrogen) atoms. The van der Waals surface area contributed by atoms with Crippen molar-refractivity contribution in [3.8, 4) is 0 Å². The first-order chi connectivity index (χ1) is 11.6. The summed E-state index contributed by atoms with van der Waals surface area (Å²) in [4.78, 5) is 24.3. The Bertz CT molecular complexity index is 705. The molecule has 6 nitrogen and oxygen atoms in total. The Labute approximate surface area is 141 Å². The van der Waals surface area contributed by atoms with Crippen molar-refractivity contribution in [3.63, 3.8) is 0 Å². The molecule has 126 valence electrons. The minimum atomic E-state index is -0.982. The monoisotopic (exact) mass is 326 g/mol. The van der Waals surface area contributed by atoms with Gasteiger partial charge in [-0.25, -0.2) is 14.8 Å². The lowest BCUT2D eigenvalue weighted by Gasteiger charge is -2.22. The van der Waals surface area contributed by atoms with Gasteiger partial charge in [-0.05, 0) is 18.9 Å². The average Bonchev–Trinajstić information content (AvgIpc) is 2.81. The molecular formula is C18H22N4O2. The summed E-state index contributed by atoms with van der Waals surface area (Å²) in [7, 11) is 0. The van der Waals surface area contributed by atoms with Gasteiger partial charge in [-0.15, -0.1) is 0 Å². The summed E-state index contributed by atoms with van der Waals surface area (Å²) in [5.41, 5.74) is 2.00. The maximum Gasteiger partial charge on any atom is 0.339 e. The van der Waals surface area contributed by atoms with Gasteiger partial charge in [-0.2, -0.15) is 0 Å². The molecule has 0 saturated carbocycles. The molecule has 1 N–H and O–H groups in total. The Morgan fingerprint density at radius 3 is 2.67 bits per heavy atom. The van der Waals surface area contributed by atoms with Crippen LogP contribution in [0.2, 0.25) is 0 Å². The van der Waals surface area contributed by atoms with Crippen LogP contribution in [0.5, 0.6) is 0 Å². The van der Waals surface area contributed by atoms with E-state index in [1.54, 1.807) is 6.92 Å². The maximum absolute atomic E-state index is 11.1. The SMILES string of the molecule is Cc1nc(N2CCCN(Cc3ccccc3)CC2)ncc1C(=O)O. The number of rotatable bonds is 4. The Morgan fingerprint density at radius 1 is 1.17 bits per heavy atom. The lowest BCUT2D eigenvalue weighted by Crippen LogP contribution is -2.31. The Kier molecular flexibility index (Phi) is 5.05. The van der Waals surface area contributed by atoms with Gasteiger partial charge in [-0.1, -0.05) is 30.3 Å². The van der Waals surface area contributed by atoms with Gasteiger partial charge in [0.05, 0.1) is 11.3 Å². The number of aromatic nitrogens is 2. The van der Waals surface area contributed by atoms with Crippen molar-refractivity contribution in [2.75, 3.05) is 31.1 Å². The molecular weight excluding hydrogens is 304 g/mol. The van der Waals surface area contributed by atoms with Crippen molar-refractivity contribution < 1.29 is 9.90 Å². The van der Waals surface area contributed by atoms with E-state index in [0.29, 0.717) is 11.6 Å². The van der Waals surface area contributed by atoms with Crippen LogP contribution in [0, 0.1) is 6.92 Å². The van der Waals surface area contributed by atoms with Crippen LogP contribution < -0.4 is 4.90 Å². The Balaban J connectivity index is 1.65. The third-order valence-electron chi connectivity index (χ3n) is 4.32. The second-order valence-corrected chi connectivity index (χ2v) is 6.08. The molecule has 0 amide bonds. The number of hydrogen-bond acceptors (Lipinski definition) is 5. The van der Waals surface area contributed by atoms with E-state index >= 15 is 0 Å². The normalized spacial score (nSPS) is 16.0. The third kappa shape index (κ3) is 3.89. The summed E-state index contributed by atoms with van der Waals surface area (Å²) in [5.74, 6) is -0.358. The fourth-order valence-electron chi connectivity index (χ4n) is 2.99. The van der Waals surface area contributed by atoms with Gasteiger partial charge in [0.2, 0.25) is 5.95 Å². The molecule has 0 bridgehead atoms. The van der Waals surface area contributed by atoms with Crippen LogP contribution in [0.3, 0.4) is 0 Å². The van der Waals surface area contributed by atoms with E-state index in [1.165, 1.54) is 11.8 Å². The second kappa shape index (κ2) is 7.40. The fraction of sp³-hybridized carbons (Fsp3) is 0.389. The molecule has 1 fully saturated rings. The molecule has 3 rings (SSSR count). The van der Waals surface area contributed by atoms with Gasteiger partial charge in [0, 0.05) is 38.9 Å². The van der Waals surface area contributed by atoms with Gasteiger partial charge in [0.25, 0.3) is 0 Å². The van der Waals surface area contributed by atoms with E-state index in [2.05, 4.69) is 44.0 Å². The highest BCUT2D eigenvalue weighted by Crippen LogP contribution is 2.15. The van der Waals surface area contributed by atoms with Crippen molar-refractivity contribution in [1.29, 1.82) is 0 Å². The van der Waals surface area contributed by atoms with E-state index in [4.69, 9.17) is 5.11 Å². The number of aryl methyl sites for hydroxylation is 1. The van der Waals surface area contributed by atoms with Crippen LogP contribution in [0.15, 0.2) is 36.5 Å². The summed E-state index contributed by atoms with van der Waals surface area (Å²) in [6.45, 7) is 6.38. The first-order valence-electron chi connectivity index (χ1n) is 8.21.